The number of carbonyl (C=O) groups excluding carboxylic acids is 2. The van der Waals surface area contributed by atoms with Crippen molar-refractivity contribution < 1.29 is 22.8 Å². The predicted molar refractivity (Wildman–Crippen MR) is 99.4 cm³/mol. The minimum absolute atomic E-state index is 0.0773. The summed E-state index contributed by atoms with van der Waals surface area (Å²) in [4.78, 5) is 29.0. The maximum atomic E-state index is 12.9. The molecule has 28 heavy (non-hydrogen) atoms. The van der Waals surface area contributed by atoms with Crippen LogP contribution in [0.25, 0.3) is 0 Å². The van der Waals surface area contributed by atoms with Gasteiger partial charge in [-0.1, -0.05) is 25.1 Å². The monoisotopic (exact) mass is 396 g/mol. The van der Waals surface area contributed by atoms with Crippen LogP contribution in [-0.4, -0.2) is 47.8 Å². The Labute approximate surface area is 163 Å². The van der Waals surface area contributed by atoms with Gasteiger partial charge in [0.1, 0.15) is 0 Å². The summed E-state index contributed by atoms with van der Waals surface area (Å²) in [5.41, 5.74) is -0.401. The van der Waals surface area contributed by atoms with Gasteiger partial charge in [0.15, 0.2) is 0 Å². The molecule has 7 heteroatoms. The minimum Gasteiger partial charge on any atom is -0.342 e. The number of likely N-dealkylation sites (tertiary alicyclic amines) is 2. The molecule has 0 radical (unpaired) electrons. The molecule has 0 spiro atoms. The number of hydrogen-bond donors (Lipinski definition) is 0. The van der Waals surface area contributed by atoms with Crippen molar-refractivity contribution in [1.29, 1.82) is 0 Å². The quantitative estimate of drug-likeness (QED) is 0.781. The maximum Gasteiger partial charge on any atom is 0.416 e. The topological polar surface area (TPSA) is 40.6 Å². The average molecular weight is 396 g/mol. The summed E-state index contributed by atoms with van der Waals surface area (Å²) in [7, 11) is 0. The molecule has 2 aliphatic heterocycles. The lowest BCUT2D eigenvalue weighted by atomic mass is 9.93. The average Bonchev–Trinajstić information content (AvgIpc) is 2.67. The Bertz CT molecular complexity index is 712. The summed E-state index contributed by atoms with van der Waals surface area (Å²) in [6, 6.07) is 4.89. The molecule has 0 N–H and O–H groups in total. The Morgan fingerprint density at radius 2 is 1.79 bits per heavy atom. The standard InChI is InChI=1S/C21H27F3N2O2/c1-15-7-10-25(11-8-15)20(28)17-5-3-9-26(14-17)19(27)13-16-4-2-6-18(12-16)21(22,23)24/h2,4,6,12,15,17H,3,5,7-11,13-14H2,1H3/t17-/m1/s1. The normalized spacial score (nSPS) is 21.6. The SMILES string of the molecule is CC1CCN(C(=O)[C@@H]2CCCN(C(=O)Cc3cccc(C(F)(F)F)c3)C2)CC1. The fourth-order valence-corrected chi connectivity index (χ4v) is 4.04. The largest absolute Gasteiger partial charge is 0.416 e. The van der Waals surface area contributed by atoms with Crippen LogP contribution in [-0.2, 0) is 22.2 Å². The highest BCUT2D eigenvalue weighted by atomic mass is 19.4. The second kappa shape index (κ2) is 8.53. The molecule has 1 atom stereocenters. The molecule has 1 aromatic rings. The lowest BCUT2D eigenvalue weighted by molar-refractivity contribution is -0.142. The zero-order valence-corrected chi connectivity index (χ0v) is 16.2. The van der Waals surface area contributed by atoms with Gasteiger partial charge in [0, 0.05) is 26.2 Å². The van der Waals surface area contributed by atoms with E-state index in [0.717, 1.165) is 50.9 Å². The van der Waals surface area contributed by atoms with Gasteiger partial charge in [-0.2, -0.15) is 13.2 Å². The van der Waals surface area contributed by atoms with Gasteiger partial charge in [-0.3, -0.25) is 9.59 Å². The van der Waals surface area contributed by atoms with Gasteiger partial charge in [0.05, 0.1) is 17.9 Å². The molecule has 0 saturated carbocycles. The van der Waals surface area contributed by atoms with Crippen LogP contribution in [0, 0.1) is 11.8 Å². The first-order valence-electron chi connectivity index (χ1n) is 9.96. The molecule has 0 unspecified atom stereocenters. The first-order chi connectivity index (χ1) is 13.2. The van der Waals surface area contributed by atoms with Crippen LogP contribution < -0.4 is 0 Å². The lowest BCUT2D eigenvalue weighted by Crippen LogP contribution is -2.48. The molecule has 2 saturated heterocycles. The molecule has 2 heterocycles. The Kier molecular flexibility index (Phi) is 6.30. The Morgan fingerprint density at radius 3 is 2.46 bits per heavy atom. The van der Waals surface area contributed by atoms with Gasteiger partial charge >= 0.3 is 6.18 Å². The molecular weight excluding hydrogens is 369 g/mol. The number of halogens is 3. The second-order valence-corrected chi connectivity index (χ2v) is 8.06. The molecule has 1 aromatic carbocycles. The molecule has 0 aliphatic carbocycles. The fraction of sp³-hybridized carbons (Fsp3) is 0.619. The molecule has 154 valence electrons. The number of alkyl halides is 3. The van der Waals surface area contributed by atoms with Gasteiger partial charge in [-0.25, -0.2) is 0 Å². The lowest BCUT2D eigenvalue weighted by Gasteiger charge is -2.37. The van der Waals surface area contributed by atoms with Crippen molar-refractivity contribution in [2.45, 2.75) is 45.2 Å². The second-order valence-electron chi connectivity index (χ2n) is 8.06. The fourth-order valence-electron chi connectivity index (χ4n) is 4.04. The predicted octanol–water partition coefficient (Wildman–Crippen LogP) is 3.75. The minimum atomic E-state index is -4.42. The maximum absolute atomic E-state index is 12.9. The van der Waals surface area contributed by atoms with Crippen LogP contribution in [0.15, 0.2) is 24.3 Å². The van der Waals surface area contributed by atoms with Crippen molar-refractivity contribution in [3.05, 3.63) is 35.4 Å². The molecule has 0 bridgehead atoms. The number of piperidine rings is 2. The highest BCUT2D eigenvalue weighted by Gasteiger charge is 2.33. The van der Waals surface area contributed by atoms with Crippen LogP contribution in [0.4, 0.5) is 13.2 Å². The van der Waals surface area contributed by atoms with E-state index >= 15 is 0 Å². The summed E-state index contributed by atoms with van der Waals surface area (Å²) < 4.78 is 38.6. The van der Waals surface area contributed by atoms with Crippen molar-refractivity contribution >= 4 is 11.8 Å². The zero-order valence-electron chi connectivity index (χ0n) is 16.2. The number of amides is 2. The van der Waals surface area contributed by atoms with Crippen molar-refractivity contribution in [3.63, 3.8) is 0 Å². The van der Waals surface area contributed by atoms with E-state index in [1.807, 2.05) is 4.90 Å². The Hall–Kier alpha value is -2.05. The highest BCUT2D eigenvalue weighted by Crippen LogP contribution is 2.30. The van der Waals surface area contributed by atoms with Crippen LogP contribution in [0.1, 0.15) is 43.7 Å². The van der Waals surface area contributed by atoms with Crippen LogP contribution in [0.3, 0.4) is 0 Å². The number of hydrogen-bond acceptors (Lipinski definition) is 2. The third-order valence-electron chi connectivity index (χ3n) is 5.83. The van der Waals surface area contributed by atoms with E-state index in [9.17, 15) is 22.8 Å². The van der Waals surface area contributed by atoms with E-state index in [0.29, 0.717) is 24.6 Å². The Morgan fingerprint density at radius 1 is 1.07 bits per heavy atom. The van der Waals surface area contributed by atoms with Gasteiger partial charge in [-0.05, 0) is 43.2 Å². The number of nitrogens with zero attached hydrogens (tertiary/aromatic N) is 2. The zero-order chi connectivity index (χ0) is 20.3. The van der Waals surface area contributed by atoms with Gasteiger partial charge < -0.3 is 9.80 Å². The van der Waals surface area contributed by atoms with E-state index in [2.05, 4.69) is 6.92 Å². The van der Waals surface area contributed by atoms with E-state index in [-0.39, 0.29) is 24.2 Å². The smallest absolute Gasteiger partial charge is 0.342 e. The third-order valence-corrected chi connectivity index (χ3v) is 5.83. The van der Waals surface area contributed by atoms with Gasteiger partial charge in [-0.15, -0.1) is 0 Å². The van der Waals surface area contributed by atoms with E-state index in [1.54, 1.807) is 4.90 Å². The van der Waals surface area contributed by atoms with Crippen LogP contribution >= 0.6 is 0 Å². The summed E-state index contributed by atoms with van der Waals surface area (Å²) in [5, 5.41) is 0. The molecule has 2 aliphatic rings. The van der Waals surface area contributed by atoms with Crippen molar-refractivity contribution in [1.82, 2.24) is 9.80 Å². The summed E-state index contributed by atoms with van der Waals surface area (Å²) in [6.07, 6.45) is -0.972. The summed E-state index contributed by atoms with van der Waals surface area (Å²) in [6.45, 7) is 4.65. The Balaban J connectivity index is 1.59. The number of benzene rings is 1. The first-order valence-corrected chi connectivity index (χ1v) is 9.96. The molecular formula is C21H27F3N2O2. The van der Waals surface area contributed by atoms with Crippen molar-refractivity contribution in [2.24, 2.45) is 11.8 Å². The summed E-state index contributed by atoms with van der Waals surface area (Å²) >= 11 is 0. The molecule has 2 fully saturated rings. The number of rotatable bonds is 3. The number of carbonyl (C=O) groups is 2. The highest BCUT2D eigenvalue weighted by molar-refractivity contribution is 5.82. The molecule has 0 aromatic heterocycles. The molecule has 4 nitrogen and oxygen atoms in total. The van der Waals surface area contributed by atoms with Crippen LogP contribution in [0.2, 0.25) is 0 Å². The van der Waals surface area contributed by atoms with Crippen molar-refractivity contribution in [2.75, 3.05) is 26.2 Å². The van der Waals surface area contributed by atoms with Crippen molar-refractivity contribution in [3.8, 4) is 0 Å². The van der Waals surface area contributed by atoms with E-state index in [4.69, 9.17) is 0 Å². The molecule has 2 amide bonds. The van der Waals surface area contributed by atoms with Gasteiger partial charge in [0.2, 0.25) is 11.8 Å². The third kappa shape index (κ3) is 5.06. The van der Waals surface area contributed by atoms with Gasteiger partial charge in [0.25, 0.3) is 0 Å². The first kappa shape index (κ1) is 20.7. The molecule has 3 rings (SSSR count). The van der Waals surface area contributed by atoms with E-state index in [1.165, 1.54) is 12.1 Å². The summed E-state index contributed by atoms with van der Waals surface area (Å²) in [5.74, 6) is 0.334. The van der Waals surface area contributed by atoms with Crippen LogP contribution in [0.5, 0.6) is 0 Å². The van der Waals surface area contributed by atoms with E-state index < -0.39 is 11.7 Å².